The van der Waals surface area contributed by atoms with Gasteiger partial charge in [-0.2, -0.15) is 0 Å². The second kappa shape index (κ2) is 7.96. The second-order valence-electron chi connectivity index (χ2n) is 6.35. The highest BCUT2D eigenvalue weighted by molar-refractivity contribution is 7.16. The summed E-state index contributed by atoms with van der Waals surface area (Å²) >= 11 is 1.09. The molecule has 0 bridgehead atoms. The highest BCUT2D eigenvalue weighted by atomic mass is 32.1. The molecule has 8 nitrogen and oxygen atoms in total. The Hall–Kier alpha value is -3.72. The molecule has 0 fully saturated rings. The van der Waals surface area contributed by atoms with Crippen molar-refractivity contribution in [2.24, 2.45) is 0 Å². The van der Waals surface area contributed by atoms with Crippen LogP contribution in [-0.4, -0.2) is 35.2 Å². The van der Waals surface area contributed by atoms with Gasteiger partial charge in [-0.25, -0.2) is 4.79 Å². The predicted octanol–water partition coefficient (Wildman–Crippen LogP) is 3.57. The van der Waals surface area contributed by atoms with E-state index in [2.05, 4.69) is 5.32 Å². The molecule has 0 spiro atoms. The van der Waals surface area contributed by atoms with Gasteiger partial charge in [-0.05, 0) is 37.3 Å². The van der Waals surface area contributed by atoms with Gasteiger partial charge in [0.1, 0.15) is 5.00 Å². The molecule has 2 aromatic heterocycles. The van der Waals surface area contributed by atoms with Crippen LogP contribution in [0.4, 0.5) is 5.00 Å². The van der Waals surface area contributed by atoms with E-state index in [1.807, 2.05) is 0 Å². The van der Waals surface area contributed by atoms with E-state index in [-0.39, 0.29) is 29.5 Å². The Morgan fingerprint density at radius 3 is 2.40 bits per heavy atom. The van der Waals surface area contributed by atoms with Crippen LogP contribution in [-0.2, 0) is 11.3 Å². The lowest BCUT2D eigenvalue weighted by atomic mass is 10.1. The number of ether oxygens (including phenoxy) is 1. The number of imide groups is 1. The van der Waals surface area contributed by atoms with E-state index in [0.717, 1.165) is 16.2 Å². The fraction of sp³-hybridized carbons (Fsp3) is 0.143. The van der Waals surface area contributed by atoms with Gasteiger partial charge in [-0.15, -0.1) is 11.3 Å². The number of hydrogen-bond donors (Lipinski definition) is 1. The average molecular weight is 424 g/mol. The third-order valence-corrected chi connectivity index (χ3v) is 5.48. The molecule has 0 aliphatic carbocycles. The zero-order chi connectivity index (χ0) is 21.3. The van der Waals surface area contributed by atoms with E-state index in [1.54, 1.807) is 37.3 Å². The summed E-state index contributed by atoms with van der Waals surface area (Å²) in [6.45, 7) is 1.80. The summed E-state index contributed by atoms with van der Waals surface area (Å²) < 4.78 is 10.1. The number of fused-ring (bicyclic) bond motifs is 1. The molecule has 0 saturated heterocycles. The van der Waals surface area contributed by atoms with Crippen molar-refractivity contribution in [2.45, 2.75) is 13.5 Å². The first-order valence-electron chi connectivity index (χ1n) is 9.09. The van der Waals surface area contributed by atoms with Gasteiger partial charge < -0.3 is 14.5 Å². The largest absolute Gasteiger partial charge is 0.462 e. The van der Waals surface area contributed by atoms with Crippen molar-refractivity contribution < 1.29 is 28.3 Å². The summed E-state index contributed by atoms with van der Waals surface area (Å²) in [6, 6.07) is 11.2. The molecule has 1 N–H and O–H groups in total. The Balaban J connectivity index is 1.61. The van der Waals surface area contributed by atoms with Gasteiger partial charge in [0.05, 0.1) is 36.1 Å². The molecule has 0 radical (unpaired) electrons. The SMILES string of the molecule is CCOC(=O)c1cc(CN2C(=O)c3ccccc3C2=O)sc1NC(=O)c1ccco1. The average Bonchev–Trinajstić information content (AvgIpc) is 3.45. The molecule has 3 amide bonds. The summed E-state index contributed by atoms with van der Waals surface area (Å²) in [5, 5.41) is 2.89. The maximum absolute atomic E-state index is 12.6. The van der Waals surface area contributed by atoms with Gasteiger partial charge in [-0.1, -0.05) is 12.1 Å². The number of nitrogens with zero attached hydrogens (tertiary/aromatic N) is 1. The van der Waals surface area contributed by atoms with Crippen LogP contribution in [0.25, 0.3) is 0 Å². The second-order valence-corrected chi connectivity index (χ2v) is 7.49. The molecule has 152 valence electrons. The summed E-state index contributed by atoms with van der Waals surface area (Å²) in [5.41, 5.74) is 0.834. The quantitative estimate of drug-likeness (QED) is 0.479. The lowest BCUT2D eigenvalue weighted by Crippen LogP contribution is -2.28. The maximum Gasteiger partial charge on any atom is 0.341 e. The molecule has 3 heterocycles. The first-order chi connectivity index (χ1) is 14.5. The minimum absolute atomic E-state index is 0.0277. The fourth-order valence-corrected chi connectivity index (χ4v) is 4.11. The van der Waals surface area contributed by atoms with Crippen molar-refractivity contribution in [1.29, 1.82) is 0 Å². The van der Waals surface area contributed by atoms with Crippen LogP contribution in [0.3, 0.4) is 0 Å². The number of amides is 3. The van der Waals surface area contributed by atoms with E-state index in [9.17, 15) is 19.2 Å². The number of benzene rings is 1. The minimum atomic E-state index is -0.614. The summed E-state index contributed by atoms with van der Waals surface area (Å²) in [4.78, 5) is 51.6. The van der Waals surface area contributed by atoms with E-state index >= 15 is 0 Å². The summed E-state index contributed by atoms with van der Waals surface area (Å²) in [5.74, 6) is -1.86. The van der Waals surface area contributed by atoms with Crippen molar-refractivity contribution in [3.8, 4) is 0 Å². The van der Waals surface area contributed by atoms with Crippen LogP contribution in [0.2, 0.25) is 0 Å². The number of furan rings is 1. The third kappa shape index (κ3) is 3.50. The van der Waals surface area contributed by atoms with Crippen LogP contribution < -0.4 is 5.32 Å². The number of anilines is 1. The van der Waals surface area contributed by atoms with Crippen molar-refractivity contribution in [2.75, 3.05) is 11.9 Å². The highest BCUT2D eigenvalue weighted by Gasteiger charge is 2.35. The highest BCUT2D eigenvalue weighted by Crippen LogP contribution is 2.32. The minimum Gasteiger partial charge on any atom is -0.462 e. The Labute approximate surface area is 175 Å². The van der Waals surface area contributed by atoms with Gasteiger partial charge in [0.15, 0.2) is 5.76 Å². The molecule has 1 aliphatic heterocycles. The molecule has 0 atom stereocenters. The molecule has 0 unspecified atom stereocenters. The van der Waals surface area contributed by atoms with Crippen molar-refractivity contribution in [1.82, 2.24) is 4.90 Å². The molecule has 1 aromatic carbocycles. The molecule has 0 saturated carbocycles. The molecular formula is C21H16N2O6S. The Morgan fingerprint density at radius 1 is 1.10 bits per heavy atom. The standard InChI is InChI=1S/C21H16N2O6S/c1-2-28-21(27)15-10-12(30-18(15)22-17(24)16-8-5-9-29-16)11-23-19(25)13-6-3-4-7-14(13)20(23)26/h3-10H,2,11H2,1H3,(H,22,24). The van der Waals surface area contributed by atoms with Crippen molar-refractivity contribution >= 4 is 40.0 Å². The predicted molar refractivity (Wildman–Crippen MR) is 108 cm³/mol. The Morgan fingerprint density at radius 2 is 1.80 bits per heavy atom. The summed E-state index contributed by atoms with van der Waals surface area (Å²) in [7, 11) is 0. The topological polar surface area (TPSA) is 106 Å². The first kappa shape index (κ1) is 19.6. The number of carbonyl (C=O) groups is 4. The molecule has 30 heavy (non-hydrogen) atoms. The van der Waals surface area contributed by atoms with Crippen LogP contribution in [0.1, 0.15) is 53.4 Å². The van der Waals surface area contributed by atoms with E-state index in [1.165, 1.54) is 18.4 Å². The normalized spacial score (nSPS) is 12.8. The summed E-state index contributed by atoms with van der Waals surface area (Å²) in [6.07, 6.45) is 1.36. The molecule has 3 aromatic rings. The molecule has 9 heteroatoms. The monoisotopic (exact) mass is 424 g/mol. The molecular weight excluding hydrogens is 408 g/mol. The van der Waals surface area contributed by atoms with E-state index in [0.29, 0.717) is 16.0 Å². The van der Waals surface area contributed by atoms with Gasteiger partial charge in [0, 0.05) is 4.88 Å². The van der Waals surface area contributed by atoms with E-state index < -0.39 is 23.7 Å². The number of thiophene rings is 1. The van der Waals surface area contributed by atoms with Gasteiger partial charge in [-0.3, -0.25) is 19.3 Å². The van der Waals surface area contributed by atoms with Gasteiger partial charge in [0.2, 0.25) is 0 Å². The number of carbonyl (C=O) groups excluding carboxylic acids is 4. The van der Waals surface area contributed by atoms with Crippen LogP contribution in [0.15, 0.2) is 53.1 Å². The number of hydrogen-bond acceptors (Lipinski definition) is 7. The zero-order valence-corrected chi connectivity index (χ0v) is 16.7. The van der Waals surface area contributed by atoms with Crippen LogP contribution >= 0.6 is 11.3 Å². The molecule has 4 rings (SSSR count). The van der Waals surface area contributed by atoms with Crippen LogP contribution in [0.5, 0.6) is 0 Å². The maximum atomic E-state index is 12.6. The lowest BCUT2D eigenvalue weighted by molar-refractivity contribution is 0.0527. The molecule has 1 aliphatic rings. The third-order valence-electron chi connectivity index (χ3n) is 4.44. The Kier molecular flexibility index (Phi) is 5.20. The van der Waals surface area contributed by atoms with Gasteiger partial charge >= 0.3 is 5.97 Å². The lowest BCUT2D eigenvalue weighted by Gasteiger charge is -2.12. The Bertz CT molecular complexity index is 1110. The smallest absolute Gasteiger partial charge is 0.341 e. The zero-order valence-electron chi connectivity index (χ0n) is 15.8. The van der Waals surface area contributed by atoms with Gasteiger partial charge in [0.25, 0.3) is 17.7 Å². The fourth-order valence-electron chi connectivity index (χ4n) is 3.08. The van der Waals surface area contributed by atoms with Crippen molar-refractivity contribution in [3.05, 3.63) is 76.1 Å². The number of nitrogens with one attached hydrogen (secondary N) is 1. The number of rotatable bonds is 6. The number of esters is 1. The first-order valence-corrected chi connectivity index (χ1v) is 9.91. The van der Waals surface area contributed by atoms with Crippen LogP contribution in [0, 0.1) is 0 Å². The van der Waals surface area contributed by atoms with E-state index in [4.69, 9.17) is 9.15 Å². The van der Waals surface area contributed by atoms with Crippen molar-refractivity contribution in [3.63, 3.8) is 0 Å².